The first-order valence-electron chi connectivity index (χ1n) is 7.40. The minimum absolute atomic E-state index is 0.131. The van der Waals surface area contributed by atoms with E-state index in [1.807, 2.05) is 48.5 Å². The average molecular weight is 323 g/mol. The van der Waals surface area contributed by atoms with Crippen molar-refractivity contribution in [1.82, 2.24) is 15.5 Å². The number of thioether (sulfide) groups is 1. The normalized spacial score (nSPS) is 10.4. The maximum absolute atomic E-state index is 12.1. The number of aromatic nitrogens is 2. The summed E-state index contributed by atoms with van der Waals surface area (Å²) in [5.74, 6) is 0.698. The van der Waals surface area contributed by atoms with E-state index in [1.54, 1.807) is 17.8 Å². The van der Waals surface area contributed by atoms with Gasteiger partial charge >= 0.3 is 0 Å². The summed E-state index contributed by atoms with van der Waals surface area (Å²) in [6, 6.07) is 21.7. The highest BCUT2D eigenvalue weighted by Crippen LogP contribution is 2.17. The Morgan fingerprint density at radius 3 is 2.48 bits per heavy atom. The quantitative estimate of drug-likeness (QED) is 0.538. The number of amides is 1. The molecule has 0 unspecified atom stereocenters. The van der Waals surface area contributed by atoms with Crippen LogP contribution in [0.4, 0.5) is 0 Å². The molecule has 1 amide bonds. The van der Waals surface area contributed by atoms with Gasteiger partial charge in [0.15, 0.2) is 0 Å². The van der Waals surface area contributed by atoms with Crippen molar-refractivity contribution in [3.8, 4) is 11.3 Å². The zero-order chi connectivity index (χ0) is 15.9. The molecule has 0 spiro atoms. The molecule has 0 fully saturated rings. The van der Waals surface area contributed by atoms with Gasteiger partial charge in [-0.25, -0.2) is 0 Å². The number of nitrogens with zero attached hydrogens (tertiary/aromatic N) is 1. The summed E-state index contributed by atoms with van der Waals surface area (Å²) >= 11 is 1.72. The first-order valence-corrected chi connectivity index (χ1v) is 8.38. The second-order valence-corrected chi connectivity index (χ2v) is 6.12. The number of H-pyrrole nitrogens is 1. The molecule has 0 atom stereocenters. The molecule has 0 bridgehead atoms. The van der Waals surface area contributed by atoms with E-state index in [4.69, 9.17) is 0 Å². The van der Waals surface area contributed by atoms with Crippen LogP contribution in [0.1, 0.15) is 10.5 Å². The summed E-state index contributed by atoms with van der Waals surface area (Å²) in [4.78, 5) is 13.3. The van der Waals surface area contributed by atoms with Gasteiger partial charge in [0.1, 0.15) is 5.69 Å². The maximum atomic E-state index is 12.1. The fourth-order valence-electron chi connectivity index (χ4n) is 2.14. The number of nitrogens with one attached hydrogen (secondary N) is 2. The number of aromatic amines is 1. The van der Waals surface area contributed by atoms with Gasteiger partial charge in [-0.1, -0.05) is 48.5 Å². The predicted octanol–water partition coefficient (Wildman–Crippen LogP) is 3.60. The molecule has 3 rings (SSSR count). The van der Waals surface area contributed by atoms with Crippen molar-refractivity contribution in [2.45, 2.75) is 4.90 Å². The van der Waals surface area contributed by atoms with Crippen LogP contribution in [-0.2, 0) is 0 Å². The van der Waals surface area contributed by atoms with E-state index < -0.39 is 0 Å². The third kappa shape index (κ3) is 4.23. The summed E-state index contributed by atoms with van der Waals surface area (Å²) in [7, 11) is 0. The van der Waals surface area contributed by atoms with E-state index in [0.29, 0.717) is 12.2 Å². The van der Waals surface area contributed by atoms with Gasteiger partial charge in [0.25, 0.3) is 5.91 Å². The van der Waals surface area contributed by atoms with Crippen molar-refractivity contribution in [3.63, 3.8) is 0 Å². The highest BCUT2D eigenvalue weighted by Gasteiger charge is 2.10. The molecular formula is C18H17N3OS. The van der Waals surface area contributed by atoms with Crippen molar-refractivity contribution in [2.24, 2.45) is 0 Å². The van der Waals surface area contributed by atoms with Crippen LogP contribution < -0.4 is 5.32 Å². The Morgan fingerprint density at radius 1 is 1.04 bits per heavy atom. The lowest BCUT2D eigenvalue weighted by Gasteiger charge is -2.03. The van der Waals surface area contributed by atoms with Gasteiger partial charge in [0.2, 0.25) is 0 Å². The summed E-state index contributed by atoms with van der Waals surface area (Å²) < 4.78 is 0. The van der Waals surface area contributed by atoms with Crippen molar-refractivity contribution < 1.29 is 4.79 Å². The Bertz CT molecular complexity index is 756. The van der Waals surface area contributed by atoms with E-state index in [2.05, 4.69) is 27.6 Å². The van der Waals surface area contributed by atoms with Gasteiger partial charge in [-0.2, -0.15) is 5.10 Å². The van der Waals surface area contributed by atoms with Crippen LogP contribution in [0.5, 0.6) is 0 Å². The maximum Gasteiger partial charge on any atom is 0.269 e. The third-order valence-electron chi connectivity index (χ3n) is 3.29. The summed E-state index contributed by atoms with van der Waals surface area (Å²) in [6.45, 7) is 0.609. The standard InChI is InChI=1S/C18H17N3OS/c22-18(19-11-12-23-15-9-5-2-6-10-15)17-13-16(20-21-17)14-7-3-1-4-8-14/h1-10,13H,11-12H2,(H,19,22)(H,20,21). The highest BCUT2D eigenvalue weighted by atomic mass is 32.2. The molecule has 1 heterocycles. The van der Waals surface area contributed by atoms with Gasteiger partial charge in [0, 0.05) is 22.8 Å². The molecule has 0 aliphatic carbocycles. The molecule has 2 aromatic carbocycles. The zero-order valence-electron chi connectivity index (χ0n) is 12.5. The smallest absolute Gasteiger partial charge is 0.269 e. The molecule has 0 radical (unpaired) electrons. The average Bonchev–Trinajstić information content (AvgIpc) is 3.10. The van der Waals surface area contributed by atoms with Crippen molar-refractivity contribution >= 4 is 17.7 Å². The number of hydrogen-bond acceptors (Lipinski definition) is 3. The molecule has 0 saturated heterocycles. The largest absolute Gasteiger partial charge is 0.350 e. The summed E-state index contributed by atoms with van der Waals surface area (Å²) in [6.07, 6.45) is 0. The summed E-state index contributed by atoms with van der Waals surface area (Å²) in [5.41, 5.74) is 2.24. The molecule has 3 aromatic rings. The number of carbonyl (C=O) groups excluding carboxylic acids is 1. The van der Waals surface area contributed by atoms with Crippen LogP contribution in [0.3, 0.4) is 0 Å². The Hall–Kier alpha value is -2.53. The third-order valence-corrected chi connectivity index (χ3v) is 4.31. The zero-order valence-corrected chi connectivity index (χ0v) is 13.3. The minimum atomic E-state index is -0.131. The van der Waals surface area contributed by atoms with Crippen LogP contribution >= 0.6 is 11.8 Å². The highest BCUT2D eigenvalue weighted by molar-refractivity contribution is 7.99. The predicted molar refractivity (Wildman–Crippen MR) is 93.5 cm³/mol. The molecule has 1 aromatic heterocycles. The SMILES string of the molecule is O=C(NCCSc1ccccc1)c1cc(-c2ccccc2)n[nH]1. The lowest BCUT2D eigenvalue weighted by Crippen LogP contribution is -2.26. The van der Waals surface area contributed by atoms with Crippen LogP contribution in [0.15, 0.2) is 71.6 Å². The second-order valence-electron chi connectivity index (χ2n) is 4.95. The van der Waals surface area contributed by atoms with Gasteiger partial charge < -0.3 is 5.32 Å². The van der Waals surface area contributed by atoms with E-state index in [1.165, 1.54) is 4.90 Å². The molecule has 2 N–H and O–H groups in total. The van der Waals surface area contributed by atoms with Crippen molar-refractivity contribution in [3.05, 3.63) is 72.4 Å². The lowest BCUT2D eigenvalue weighted by atomic mass is 10.1. The Kier molecular flexibility index (Phi) is 5.11. The Labute approximate surface area is 139 Å². The molecule has 0 saturated carbocycles. The van der Waals surface area contributed by atoms with E-state index in [-0.39, 0.29) is 5.91 Å². The van der Waals surface area contributed by atoms with Gasteiger partial charge in [-0.05, 0) is 18.2 Å². The fraction of sp³-hybridized carbons (Fsp3) is 0.111. The number of carbonyl (C=O) groups is 1. The van der Waals surface area contributed by atoms with Gasteiger partial charge in [-0.3, -0.25) is 9.89 Å². The van der Waals surface area contributed by atoms with Crippen molar-refractivity contribution in [1.29, 1.82) is 0 Å². The van der Waals surface area contributed by atoms with Crippen LogP contribution in [0.25, 0.3) is 11.3 Å². The van der Waals surface area contributed by atoms with Crippen molar-refractivity contribution in [2.75, 3.05) is 12.3 Å². The molecular weight excluding hydrogens is 306 g/mol. The molecule has 116 valence electrons. The van der Waals surface area contributed by atoms with Gasteiger partial charge in [0.05, 0.1) is 5.69 Å². The van der Waals surface area contributed by atoms with E-state index >= 15 is 0 Å². The molecule has 0 aliphatic heterocycles. The first-order chi connectivity index (χ1) is 11.3. The van der Waals surface area contributed by atoms with Gasteiger partial charge in [-0.15, -0.1) is 11.8 Å². The number of hydrogen-bond donors (Lipinski definition) is 2. The lowest BCUT2D eigenvalue weighted by molar-refractivity contribution is 0.0951. The van der Waals surface area contributed by atoms with E-state index in [9.17, 15) is 4.79 Å². The van der Waals surface area contributed by atoms with E-state index in [0.717, 1.165) is 17.0 Å². The van der Waals surface area contributed by atoms with Crippen LogP contribution in [-0.4, -0.2) is 28.4 Å². The molecule has 23 heavy (non-hydrogen) atoms. The fourth-order valence-corrected chi connectivity index (χ4v) is 2.93. The topological polar surface area (TPSA) is 57.8 Å². The Balaban J connectivity index is 1.50. The summed E-state index contributed by atoms with van der Waals surface area (Å²) in [5, 5.41) is 9.89. The van der Waals surface area contributed by atoms with Crippen LogP contribution in [0.2, 0.25) is 0 Å². The molecule has 4 nitrogen and oxygen atoms in total. The first kappa shape index (κ1) is 15.4. The van der Waals surface area contributed by atoms with Crippen LogP contribution in [0, 0.1) is 0 Å². The minimum Gasteiger partial charge on any atom is -0.350 e. The second kappa shape index (κ2) is 7.65. The number of rotatable bonds is 6. The molecule has 0 aliphatic rings. The number of benzene rings is 2. The Morgan fingerprint density at radius 2 is 1.74 bits per heavy atom. The monoisotopic (exact) mass is 323 g/mol. The molecule has 5 heteroatoms.